The summed E-state index contributed by atoms with van der Waals surface area (Å²) in [6, 6.07) is 19.1. The van der Waals surface area contributed by atoms with Crippen molar-refractivity contribution in [2.75, 3.05) is 6.79 Å². The molecular formula is C18H13BrO2S. The fourth-order valence-electron chi connectivity index (χ4n) is 2.49. The van der Waals surface area contributed by atoms with Crippen molar-refractivity contribution >= 4 is 38.5 Å². The summed E-state index contributed by atoms with van der Waals surface area (Å²) in [6.07, 6.45) is 0. The lowest BCUT2D eigenvalue weighted by Gasteiger charge is -2.07. The van der Waals surface area contributed by atoms with Gasteiger partial charge in [0.2, 0.25) is 6.79 Å². The van der Waals surface area contributed by atoms with Crippen LogP contribution < -0.4 is 9.47 Å². The Morgan fingerprint density at radius 1 is 0.909 bits per heavy atom. The first-order chi connectivity index (χ1) is 10.8. The van der Waals surface area contributed by atoms with Gasteiger partial charge in [-0.3, -0.25) is 0 Å². The summed E-state index contributed by atoms with van der Waals surface area (Å²) in [5.41, 5.74) is 1.21. The fourth-order valence-corrected chi connectivity index (χ4v) is 4.07. The maximum Gasteiger partial charge on any atom is 0.231 e. The van der Waals surface area contributed by atoms with E-state index >= 15 is 0 Å². The molecule has 22 heavy (non-hydrogen) atoms. The van der Waals surface area contributed by atoms with Crippen molar-refractivity contribution in [1.29, 1.82) is 0 Å². The van der Waals surface area contributed by atoms with Crippen molar-refractivity contribution in [2.24, 2.45) is 0 Å². The van der Waals surface area contributed by atoms with E-state index in [1.165, 1.54) is 21.2 Å². The number of fused-ring (bicyclic) bond motifs is 2. The summed E-state index contributed by atoms with van der Waals surface area (Å²) in [4.78, 5) is 1.27. The number of halogens is 1. The minimum Gasteiger partial charge on any atom is -0.454 e. The Hall–Kier alpha value is -1.65. The second-order valence-corrected chi connectivity index (χ2v) is 7.00. The molecule has 3 aromatic carbocycles. The van der Waals surface area contributed by atoms with Crippen LogP contribution in [0.25, 0.3) is 10.8 Å². The third-order valence-corrected chi connectivity index (χ3v) is 5.44. The van der Waals surface area contributed by atoms with Crippen molar-refractivity contribution in [1.82, 2.24) is 0 Å². The van der Waals surface area contributed by atoms with Gasteiger partial charge in [-0.05, 0) is 40.6 Å². The van der Waals surface area contributed by atoms with Crippen LogP contribution in [0, 0.1) is 0 Å². The third-order valence-electron chi connectivity index (χ3n) is 3.66. The molecule has 0 aromatic heterocycles. The Labute approximate surface area is 141 Å². The molecule has 0 N–H and O–H groups in total. The second kappa shape index (κ2) is 5.86. The number of benzene rings is 3. The van der Waals surface area contributed by atoms with Crippen LogP contribution in [-0.2, 0) is 5.75 Å². The quantitative estimate of drug-likeness (QED) is 0.555. The zero-order chi connectivity index (χ0) is 14.9. The van der Waals surface area contributed by atoms with E-state index in [1.807, 2.05) is 17.8 Å². The molecule has 4 rings (SSSR count). The summed E-state index contributed by atoms with van der Waals surface area (Å²) >= 11 is 5.44. The van der Waals surface area contributed by atoms with Gasteiger partial charge >= 0.3 is 0 Å². The van der Waals surface area contributed by atoms with E-state index in [0.717, 1.165) is 21.7 Å². The van der Waals surface area contributed by atoms with Gasteiger partial charge in [-0.2, -0.15) is 0 Å². The van der Waals surface area contributed by atoms with Crippen LogP contribution >= 0.6 is 27.7 Å². The maximum atomic E-state index is 5.45. The Balaban J connectivity index is 1.56. The smallest absolute Gasteiger partial charge is 0.231 e. The van der Waals surface area contributed by atoms with Crippen LogP contribution in [0.15, 0.2) is 64.0 Å². The van der Waals surface area contributed by atoms with Gasteiger partial charge in [-0.1, -0.05) is 46.3 Å². The Morgan fingerprint density at radius 2 is 1.68 bits per heavy atom. The number of rotatable bonds is 3. The molecule has 0 amide bonds. The van der Waals surface area contributed by atoms with E-state index in [4.69, 9.17) is 9.47 Å². The highest BCUT2D eigenvalue weighted by Gasteiger charge is 2.16. The first-order valence-electron chi connectivity index (χ1n) is 6.99. The molecule has 1 heterocycles. The van der Waals surface area contributed by atoms with Crippen LogP contribution in [0.1, 0.15) is 5.56 Å². The maximum absolute atomic E-state index is 5.45. The van der Waals surface area contributed by atoms with Gasteiger partial charge < -0.3 is 9.47 Å². The SMILES string of the molecule is Brc1cc2c(cc1CSc1ccc3ccccc3c1)OCO2. The molecule has 110 valence electrons. The van der Waals surface area contributed by atoms with Gasteiger partial charge in [0, 0.05) is 15.1 Å². The molecule has 0 saturated carbocycles. The standard InChI is InChI=1S/C18H13BrO2S/c19-16-9-18-17(20-11-21-18)8-14(16)10-22-15-6-5-12-3-1-2-4-13(12)7-15/h1-9H,10-11H2. The van der Waals surface area contributed by atoms with Gasteiger partial charge in [-0.15, -0.1) is 11.8 Å². The topological polar surface area (TPSA) is 18.5 Å². The van der Waals surface area contributed by atoms with Crippen LogP contribution in [0.4, 0.5) is 0 Å². The molecule has 0 unspecified atom stereocenters. The zero-order valence-electron chi connectivity index (χ0n) is 11.7. The van der Waals surface area contributed by atoms with Crippen molar-refractivity contribution in [3.63, 3.8) is 0 Å². The van der Waals surface area contributed by atoms with E-state index in [9.17, 15) is 0 Å². The lowest BCUT2D eigenvalue weighted by atomic mass is 10.1. The van der Waals surface area contributed by atoms with Crippen molar-refractivity contribution < 1.29 is 9.47 Å². The van der Waals surface area contributed by atoms with Gasteiger partial charge in [0.05, 0.1) is 0 Å². The highest BCUT2D eigenvalue weighted by molar-refractivity contribution is 9.10. The first-order valence-corrected chi connectivity index (χ1v) is 8.77. The molecule has 0 radical (unpaired) electrons. The van der Waals surface area contributed by atoms with Gasteiger partial charge in [0.15, 0.2) is 11.5 Å². The monoisotopic (exact) mass is 372 g/mol. The van der Waals surface area contributed by atoms with E-state index < -0.39 is 0 Å². The van der Waals surface area contributed by atoms with Crippen molar-refractivity contribution in [2.45, 2.75) is 10.6 Å². The molecule has 0 atom stereocenters. The van der Waals surface area contributed by atoms with Crippen molar-refractivity contribution in [3.05, 3.63) is 64.6 Å². The van der Waals surface area contributed by atoms with Crippen molar-refractivity contribution in [3.8, 4) is 11.5 Å². The average Bonchev–Trinajstić information content (AvgIpc) is 2.99. The number of ether oxygens (including phenoxy) is 2. The van der Waals surface area contributed by atoms with Crippen LogP contribution in [-0.4, -0.2) is 6.79 Å². The van der Waals surface area contributed by atoms with Gasteiger partial charge in [-0.25, -0.2) is 0 Å². The van der Waals surface area contributed by atoms with Gasteiger partial charge in [0.25, 0.3) is 0 Å². The van der Waals surface area contributed by atoms with E-state index in [0.29, 0.717) is 6.79 Å². The largest absolute Gasteiger partial charge is 0.454 e. The molecule has 3 aromatic rings. The lowest BCUT2D eigenvalue weighted by molar-refractivity contribution is 0.174. The molecule has 0 fully saturated rings. The molecule has 1 aliphatic rings. The fraction of sp³-hybridized carbons (Fsp3) is 0.111. The summed E-state index contributed by atoms with van der Waals surface area (Å²) < 4.78 is 11.9. The summed E-state index contributed by atoms with van der Waals surface area (Å²) in [7, 11) is 0. The molecule has 1 aliphatic heterocycles. The predicted octanol–water partition coefficient (Wildman–Crippen LogP) is 5.62. The molecule has 0 bridgehead atoms. The average molecular weight is 373 g/mol. The summed E-state index contributed by atoms with van der Waals surface area (Å²) in [5, 5.41) is 2.55. The normalized spacial score (nSPS) is 12.8. The second-order valence-electron chi connectivity index (χ2n) is 5.09. The van der Waals surface area contributed by atoms with E-state index in [1.54, 1.807) is 0 Å². The van der Waals surface area contributed by atoms with E-state index in [-0.39, 0.29) is 0 Å². The highest BCUT2D eigenvalue weighted by Crippen LogP contribution is 2.39. The van der Waals surface area contributed by atoms with E-state index in [2.05, 4.69) is 64.5 Å². The molecule has 4 heteroatoms. The van der Waals surface area contributed by atoms with Crippen LogP contribution in [0.2, 0.25) is 0 Å². The highest BCUT2D eigenvalue weighted by atomic mass is 79.9. The minimum absolute atomic E-state index is 0.309. The molecule has 0 spiro atoms. The predicted molar refractivity (Wildman–Crippen MR) is 93.8 cm³/mol. The Morgan fingerprint density at radius 3 is 2.55 bits per heavy atom. The summed E-state index contributed by atoms with van der Waals surface area (Å²) in [6.45, 7) is 0.309. The van der Waals surface area contributed by atoms with Crippen LogP contribution in [0.5, 0.6) is 11.5 Å². The summed E-state index contributed by atoms with van der Waals surface area (Å²) in [5.74, 6) is 2.53. The molecular weight excluding hydrogens is 360 g/mol. The van der Waals surface area contributed by atoms with Crippen LogP contribution in [0.3, 0.4) is 0 Å². The molecule has 0 aliphatic carbocycles. The first kappa shape index (κ1) is 14.0. The zero-order valence-corrected chi connectivity index (χ0v) is 14.1. The minimum atomic E-state index is 0.309. The Kier molecular flexibility index (Phi) is 3.72. The number of hydrogen-bond acceptors (Lipinski definition) is 3. The third kappa shape index (κ3) is 2.69. The molecule has 0 saturated heterocycles. The number of hydrogen-bond donors (Lipinski definition) is 0. The lowest BCUT2D eigenvalue weighted by Crippen LogP contribution is -1.92. The van der Waals surface area contributed by atoms with Gasteiger partial charge in [0.1, 0.15) is 0 Å². The Bertz CT molecular complexity index is 848. The molecule has 2 nitrogen and oxygen atoms in total. The number of thioether (sulfide) groups is 1.